The zero-order chi connectivity index (χ0) is 21.3. The van der Waals surface area contributed by atoms with Gasteiger partial charge in [0.15, 0.2) is 11.5 Å². The van der Waals surface area contributed by atoms with Crippen LogP contribution in [0.2, 0.25) is 5.02 Å². The van der Waals surface area contributed by atoms with Crippen molar-refractivity contribution in [2.75, 3.05) is 32.2 Å². The molecule has 160 valence electrons. The number of benzene rings is 2. The van der Waals surface area contributed by atoms with Gasteiger partial charge in [-0.05, 0) is 42.0 Å². The van der Waals surface area contributed by atoms with Gasteiger partial charge in [-0.1, -0.05) is 11.6 Å². The number of urea groups is 1. The second-order valence-corrected chi connectivity index (χ2v) is 7.00. The lowest BCUT2D eigenvalue weighted by Crippen LogP contribution is -2.33. The Morgan fingerprint density at radius 2 is 1.87 bits per heavy atom. The Kier molecular flexibility index (Phi) is 7.62. The Hall–Kier alpha value is -3.13. The van der Waals surface area contributed by atoms with Crippen LogP contribution in [0.25, 0.3) is 0 Å². The van der Waals surface area contributed by atoms with Crippen molar-refractivity contribution in [3.8, 4) is 17.2 Å². The maximum absolute atomic E-state index is 12.1. The summed E-state index contributed by atoms with van der Waals surface area (Å²) < 4.78 is 16.3. The van der Waals surface area contributed by atoms with Crippen LogP contribution in [0.4, 0.5) is 10.5 Å². The van der Waals surface area contributed by atoms with E-state index in [0.29, 0.717) is 47.7 Å². The first kappa shape index (κ1) is 21.6. The van der Waals surface area contributed by atoms with Gasteiger partial charge >= 0.3 is 6.03 Å². The predicted molar refractivity (Wildman–Crippen MR) is 114 cm³/mol. The SMILES string of the molecule is COc1ccc(NC(=O)NCCC(=O)NCc2cc(Cl)c3c(c2)OCCCO3)cc1. The number of halogens is 1. The second-order valence-electron chi connectivity index (χ2n) is 6.59. The number of methoxy groups -OCH3 is 1. The lowest BCUT2D eigenvalue weighted by atomic mass is 10.2. The van der Waals surface area contributed by atoms with Crippen LogP contribution in [0.1, 0.15) is 18.4 Å². The Labute approximate surface area is 179 Å². The molecule has 0 aliphatic carbocycles. The van der Waals surface area contributed by atoms with E-state index in [0.717, 1.165) is 12.0 Å². The molecule has 0 bridgehead atoms. The second kappa shape index (κ2) is 10.6. The summed E-state index contributed by atoms with van der Waals surface area (Å²) in [5.74, 6) is 1.63. The van der Waals surface area contributed by atoms with Crippen molar-refractivity contribution in [3.63, 3.8) is 0 Å². The molecule has 0 saturated carbocycles. The number of carbonyl (C=O) groups is 2. The lowest BCUT2D eigenvalue weighted by Gasteiger charge is -2.12. The minimum Gasteiger partial charge on any atom is -0.497 e. The van der Waals surface area contributed by atoms with E-state index in [1.165, 1.54) is 0 Å². The summed E-state index contributed by atoms with van der Waals surface area (Å²) in [6.45, 7) is 1.62. The molecule has 9 heteroatoms. The Bertz CT molecular complexity index is 889. The Morgan fingerprint density at radius 3 is 2.63 bits per heavy atom. The van der Waals surface area contributed by atoms with E-state index in [1.807, 2.05) is 6.07 Å². The first-order valence-electron chi connectivity index (χ1n) is 9.59. The van der Waals surface area contributed by atoms with E-state index >= 15 is 0 Å². The summed E-state index contributed by atoms with van der Waals surface area (Å²) in [5, 5.41) is 8.59. The molecule has 1 aliphatic heterocycles. The van der Waals surface area contributed by atoms with Crippen LogP contribution in [0, 0.1) is 0 Å². The van der Waals surface area contributed by atoms with Gasteiger partial charge in [0, 0.05) is 31.6 Å². The molecule has 2 aromatic rings. The number of hydrogen-bond acceptors (Lipinski definition) is 5. The van der Waals surface area contributed by atoms with Gasteiger partial charge in [-0.3, -0.25) is 4.79 Å². The lowest BCUT2D eigenvalue weighted by molar-refractivity contribution is -0.121. The quantitative estimate of drug-likeness (QED) is 0.622. The van der Waals surface area contributed by atoms with Crippen LogP contribution in [-0.2, 0) is 11.3 Å². The van der Waals surface area contributed by atoms with E-state index in [4.69, 9.17) is 25.8 Å². The summed E-state index contributed by atoms with van der Waals surface area (Å²) in [6.07, 6.45) is 0.935. The average Bonchev–Trinajstić information content (AvgIpc) is 2.99. The molecule has 0 unspecified atom stereocenters. The highest BCUT2D eigenvalue weighted by atomic mass is 35.5. The summed E-state index contributed by atoms with van der Waals surface area (Å²) in [6, 6.07) is 10.1. The van der Waals surface area contributed by atoms with Crippen molar-refractivity contribution in [2.45, 2.75) is 19.4 Å². The minimum atomic E-state index is -0.386. The van der Waals surface area contributed by atoms with Gasteiger partial charge < -0.3 is 30.2 Å². The van der Waals surface area contributed by atoms with Gasteiger partial charge in [0.2, 0.25) is 5.91 Å². The maximum Gasteiger partial charge on any atom is 0.319 e. The zero-order valence-corrected chi connectivity index (χ0v) is 17.4. The molecule has 3 amide bonds. The van der Waals surface area contributed by atoms with Gasteiger partial charge in [-0.25, -0.2) is 4.79 Å². The van der Waals surface area contributed by atoms with Crippen molar-refractivity contribution in [1.82, 2.24) is 10.6 Å². The molecule has 0 aromatic heterocycles. The van der Waals surface area contributed by atoms with Crippen LogP contribution in [0.5, 0.6) is 17.2 Å². The Balaban J connectivity index is 1.40. The van der Waals surface area contributed by atoms with E-state index in [2.05, 4.69) is 16.0 Å². The fraction of sp³-hybridized carbons (Fsp3) is 0.333. The molecule has 0 saturated heterocycles. The molecule has 0 radical (unpaired) electrons. The number of ether oxygens (including phenoxy) is 3. The molecule has 3 rings (SSSR count). The van der Waals surface area contributed by atoms with Gasteiger partial charge in [-0.2, -0.15) is 0 Å². The summed E-state index contributed by atoms with van der Waals surface area (Å²) in [7, 11) is 1.57. The molecule has 2 aromatic carbocycles. The fourth-order valence-electron chi connectivity index (χ4n) is 2.81. The predicted octanol–water partition coefficient (Wildman–Crippen LogP) is 3.34. The largest absolute Gasteiger partial charge is 0.497 e. The molecular formula is C21H24ClN3O5. The van der Waals surface area contributed by atoms with Crippen LogP contribution in [0.3, 0.4) is 0 Å². The van der Waals surface area contributed by atoms with Gasteiger partial charge in [-0.15, -0.1) is 0 Å². The fourth-order valence-corrected chi connectivity index (χ4v) is 3.10. The van der Waals surface area contributed by atoms with Crippen molar-refractivity contribution in [1.29, 1.82) is 0 Å². The zero-order valence-electron chi connectivity index (χ0n) is 16.6. The van der Waals surface area contributed by atoms with Gasteiger partial charge in [0.1, 0.15) is 5.75 Å². The van der Waals surface area contributed by atoms with E-state index in [-0.39, 0.29) is 24.9 Å². The van der Waals surface area contributed by atoms with Gasteiger partial charge in [0.05, 0.1) is 25.3 Å². The number of hydrogen-bond donors (Lipinski definition) is 3. The molecule has 0 fully saturated rings. The third-order valence-electron chi connectivity index (χ3n) is 4.34. The molecule has 8 nitrogen and oxygen atoms in total. The van der Waals surface area contributed by atoms with Crippen molar-refractivity contribution < 1.29 is 23.8 Å². The molecule has 3 N–H and O–H groups in total. The molecule has 1 heterocycles. The standard InChI is InChI=1S/C21H24ClN3O5/c1-28-16-5-3-15(4-6-16)25-21(27)23-8-7-19(26)24-13-14-11-17(22)20-18(12-14)29-9-2-10-30-20/h3-6,11-12H,2,7-10,13H2,1H3,(H,24,26)(H2,23,25,27). The first-order valence-corrected chi connectivity index (χ1v) is 9.96. The van der Waals surface area contributed by atoms with E-state index < -0.39 is 0 Å². The molecule has 0 atom stereocenters. The number of nitrogens with one attached hydrogen (secondary N) is 3. The topological polar surface area (TPSA) is 97.9 Å². The number of amides is 3. The highest BCUT2D eigenvalue weighted by molar-refractivity contribution is 6.32. The Morgan fingerprint density at radius 1 is 1.10 bits per heavy atom. The summed E-state index contributed by atoms with van der Waals surface area (Å²) in [4.78, 5) is 24.0. The monoisotopic (exact) mass is 433 g/mol. The van der Waals surface area contributed by atoms with Gasteiger partial charge in [0.25, 0.3) is 0 Å². The highest BCUT2D eigenvalue weighted by Crippen LogP contribution is 2.37. The maximum atomic E-state index is 12.1. The minimum absolute atomic E-state index is 0.147. The normalized spacial score (nSPS) is 12.5. The van der Waals surface area contributed by atoms with E-state index in [9.17, 15) is 9.59 Å². The van der Waals surface area contributed by atoms with Crippen molar-refractivity contribution in [3.05, 3.63) is 47.0 Å². The highest BCUT2D eigenvalue weighted by Gasteiger charge is 2.16. The number of fused-ring (bicyclic) bond motifs is 1. The van der Waals surface area contributed by atoms with E-state index in [1.54, 1.807) is 37.4 Å². The number of carbonyl (C=O) groups excluding carboxylic acids is 2. The first-order chi connectivity index (χ1) is 14.5. The molecular weight excluding hydrogens is 410 g/mol. The van der Waals surface area contributed by atoms with Crippen LogP contribution in [0.15, 0.2) is 36.4 Å². The average molecular weight is 434 g/mol. The van der Waals surface area contributed by atoms with Crippen LogP contribution in [-0.4, -0.2) is 38.8 Å². The molecule has 30 heavy (non-hydrogen) atoms. The van der Waals surface area contributed by atoms with Crippen LogP contribution < -0.4 is 30.2 Å². The number of anilines is 1. The summed E-state index contributed by atoms with van der Waals surface area (Å²) in [5.41, 5.74) is 1.44. The van der Waals surface area contributed by atoms with Crippen LogP contribution >= 0.6 is 11.6 Å². The molecule has 1 aliphatic rings. The number of rotatable bonds is 7. The van der Waals surface area contributed by atoms with Crippen molar-refractivity contribution >= 4 is 29.2 Å². The summed E-state index contributed by atoms with van der Waals surface area (Å²) >= 11 is 6.26. The van der Waals surface area contributed by atoms with Crippen molar-refractivity contribution in [2.24, 2.45) is 0 Å². The third kappa shape index (κ3) is 6.18. The third-order valence-corrected chi connectivity index (χ3v) is 4.62. The molecule has 0 spiro atoms. The smallest absolute Gasteiger partial charge is 0.319 e.